The summed E-state index contributed by atoms with van der Waals surface area (Å²) < 4.78 is 20.9. The monoisotopic (exact) mass is 342 g/mol. The summed E-state index contributed by atoms with van der Waals surface area (Å²) >= 11 is 0. The van der Waals surface area contributed by atoms with Gasteiger partial charge in [-0.3, -0.25) is 0 Å². The van der Waals surface area contributed by atoms with Crippen LogP contribution in [0.2, 0.25) is 0 Å². The summed E-state index contributed by atoms with van der Waals surface area (Å²) in [6, 6.07) is 0. The highest BCUT2D eigenvalue weighted by Crippen LogP contribution is 2.08. The smallest absolute Gasteiger partial charge is 0.212 e. The highest BCUT2D eigenvalue weighted by Gasteiger charge is 2.39. The Morgan fingerprint density at radius 3 is 1.09 bits per heavy atom. The zero-order chi connectivity index (χ0) is 16.9. The van der Waals surface area contributed by atoms with E-state index in [0.29, 0.717) is 26.5 Å². The molecule has 126 valence electrons. The van der Waals surface area contributed by atoms with Crippen molar-refractivity contribution in [3.8, 4) is 0 Å². The van der Waals surface area contributed by atoms with Gasteiger partial charge in [0.25, 0.3) is 0 Å². The molecule has 0 saturated carbocycles. The van der Waals surface area contributed by atoms with Crippen LogP contribution in [0.25, 0.3) is 0 Å². The molecule has 0 radical (unpaired) electrons. The topological polar surface area (TPSA) is 173 Å². The van der Waals surface area contributed by atoms with Gasteiger partial charge >= 0.3 is 0 Å². The second-order valence-electron chi connectivity index (χ2n) is 4.52. The number of hydrogen-bond donors (Lipinski definition) is 0. The Morgan fingerprint density at radius 2 is 0.955 bits per heavy atom. The Hall–Kier alpha value is -2.45. The normalized spacial score (nSPS) is 20.1. The standard InChI is InChI=1S/C4H8O2S.C3H6N6O6/c5-7(6)3-1-2-4-7;10-7(11)4-1-5(8(12)13)3-6(2-4)9(14)15/h1-4H2;1-3H2. The number of nitro groups is 3. The molecular weight excluding hydrogens is 328 g/mol. The van der Waals surface area contributed by atoms with E-state index < -0.39 is 44.9 Å². The predicted octanol–water partition coefficient (Wildman–Crippen LogP) is -1.45. The predicted molar refractivity (Wildman–Crippen MR) is 69.0 cm³/mol. The largest absolute Gasteiger partial charge is 0.235 e. The molecule has 2 fully saturated rings. The van der Waals surface area contributed by atoms with Crippen molar-refractivity contribution in [1.82, 2.24) is 15.0 Å². The molecule has 2 rings (SSSR count). The Morgan fingerprint density at radius 1 is 0.682 bits per heavy atom. The van der Waals surface area contributed by atoms with Crippen LogP contribution >= 0.6 is 0 Å². The molecular formula is C7H14N6O8S. The van der Waals surface area contributed by atoms with E-state index in [1.54, 1.807) is 0 Å². The summed E-state index contributed by atoms with van der Waals surface area (Å²) in [5, 5.41) is 29.3. The van der Waals surface area contributed by atoms with Crippen LogP contribution in [-0.4, -0.2) is 70.1 Å². The van der Waals surface area contributed by atoms with Crippen molar-refractivity contribution in [1.29, 1.82) is 0 Å². The van der Waals surface area contributed by atoms with Gasteiger partial charge in [-0.2, -0.15) is 0 Å². The van der Waals surface area contributed by atoms with Gasteiger partial charge < -0.3 is 0 Å². The Bertz CT molecular complexity index is 486. The van der Waals surface area contributed by atoms with Crippen LogP contribution in [0.5, 0.6) is 0 Å². The van der Waals surface area contributed by atoms with Crippen LogP contribution in [0.15, 0.2) is 0 Å². The highest BCUT2D eigenvalue weighted by molar-refractivity contribution is 7.91. The van der Waals surface area contributed by atoms with Crippen molar-refractivity contribution in [2.24, 2.45) is 0 Å². The van der Waals surface area contributed by atoms with Crippen molar-refractivity contribution in [2.75, 3.05) is 31.5 Å². The first-order valence-corrected chi connectivity index (χ1v) is 7.82. The van der Waals surface area contributed by atoms with Crippen LogP contribution in [0, 0.1) is 30.3 Å². The molecule has 0 bridgehead atoms. The molecule has 2 saturated heterocycles. The van der Waals surface area contributed by atoms with Gasteiger partial charge in [-0.15, -0.1) is 0 Å². The molecule has 0 spiro atoms. The number of sulfone groups is 1. The van der Waals surface area contributed by atoms with Gasteiger partial charge in [-0.1, -0.05) is 15.0 Å². The summed E-state index contributed by atoms with van der Waals surface area (Å²) in [5.74, 6) is 0.847. The molecule has 0 aliphatic carbocycles. The third-order valence-corrected chi connectivity index (χ3v) is 4.65. The summed E-state index contributed by atoms with van der Waals surface area (Å²) in [4.78, 5) is 31.0. The molecule has 0 aromatic rings. The van der Waals surface area contributed by atoms with Crippen molar-refractivity contribution < 1.29 is 23.5 Å². The second kappa shape index (κ2) is 7.01. The van der Waals surface area contributed by atoms with Crippen LogP contribution < -0.4 is 0 Å². The van der Waals surface area contributed by atoms with Crippen LogP contribution in [0.3, 0.4) is 0 Å². The summed E-state index contributed by atoms with van der Waals surface area (Å²) in [7, 11) is -2.55. The Kier molecular flexibility index (Phi) is 5.61. The lowest BCUT2D eigenvalue weighted by Gasteiger charge is -2.27. The summed E-state index contributed by atoms with van der Waals surface area (Å²) in [6.07, 6.45) is 1.75. The van der Waals surface area contributed by atoms with Crippen molar-refractivity contribution >= 4 is 9.84 Å². The van der Waals surface area contributed by atoms with Gasteiger partial charge in [0.05, 0.1) is 11.5 Å². The third kappa shape index (κ3) is 5.15. The maximum Gasteiger partial charge on any atom is 0.212 e. The number of hydrazine groups is 3. The average molecular weight is 342 g/mol. The van der Waals surface area contributed by atoms with E-state index in [9.17, 15) is 38.8 Å². The number of rotatable bonds is 3. The van der Waals surface area contributed by atoms with E-state index in [2.05, 4.69) is 0 Å². The van der Waals surface area contributed by atoms with Gasteiger partial charge in [0.2, 0.25) is 20.0 Å². The van der Waals surface area contributed by atoms with E-state index in [0.717, 1.165) is 12.8 Å². The van der Waals surface area contributed by atoms with Gasteiger partial charge in [0, 0.05) is 0 Å². The number of nitrogens with zero attached hydrogens (tertiary/aromatic N) is 6. The zero-order valence-electron chi connectivity index (χ0n) is 11.3. The van der Waals surface area contributed by atoms with Gasteiger partial charge in [0.1, 0.15) is 9.84 Å². The van der Waals surface area contributed by atoms with Crippen molar-refractivity contribution in [3.63, 3.8) is 0 Å². The van der Waals surface area contributed by atoms with Crippen LogP contribution in [0.4, 0.5) is 0 Å². The third-order valence-electron chi connectivity index (χ3n) is 2.83. The quantitative estimate of drug-likeness (QED) is 0.433. The minimum atomic E-state index is -2.55. The van der Waals surface area contributed by atoms with E-state index in [4.69, 9.17) is 0 Å². The molecule has 0 atom stereocenters. The van der Waals surface area contributed by atoms with Crippen LogP contribution in [-0.2, 0) is 9.84 Å². The lowest BCUT2D eigenvalue weighted by atomic mass is 10.4. The molecule has 15 heteroatoms. The van der Waals surface area contributed by atoms with Crippen LogP contribution in [0.1, 0.15) is 12.8 Å². The second-order valence-corrected chi connectivity index (χ2v) is 6.82. The molecule has 0 amide bonds. The average Bonchev–Trinajstić information content (AvgIpc) is 2.83. The van der Waals surface area contributed by atoms with E-state index in [-0.39, 0.29) is 0 Å². The summed E-state index contributed by atoms with van der Waals surface area (Å²) in [6.45, 7) is -1.78. The highest BCUT2D eigenvalue weighted by atomic mass is 32.2. The molecule has 2 aliphatic heterocycles. The fourth-order valence-corrected chi connectivity index (χ4v) is 3.25. The van der Waals surface area contributed by atoms with E-state index >= 15 is 0 Å². The fraction of sp³-hybridized carbons (Fsp3) is 1.00. The minimum absolute atomic E-state index is 0.370. The first kappa shape index (κ1) is 17.6. The molecule has 0 unspecified atom stereocenters. The molecule has 22 heavy (non-hydrogen) atoms. The zero-order valence-corrected chi connectivity index (χ0v) is 12.1. The van der Waals surface area contributed by atoms with E-state index in [1.807, 2.05) is 0 Å². The Balaban J connectivity index is 0.000000287. The van der Waals surface area contributed by atoms with Crippen molar-refractivity contribution in [3.05, 3.63) is 30.3 Å². The fourth-order valence-electron chi connectivity index (χ4n) is 1.76. The molecule has 2 aliphatic rings. The van der Waals surface area contributed by atoms with Gasteiger partial charge in [0.15, 0.2) is 15.1 Å². The minimum Gasteiger partial charge on any atom is -0.235 e. The molecule has 0 N–H and O–H groups in total. The lowest BCUT2D eigenvalue weighted by molar-refractivity contribution is -0.775. The van der Waals surface area contributed by atoms with Crippen molar-refractivity contribution in [2.45, 2.75) is 12.8 Å². The molecule has 0 aromatic carbocycles. The number of hydrogen-bond acceptors (Lipinski definition) is 8. The molecule has 14 nitrogen and oxygen atoms in total. The maximum absolute atomic E-state index is 10.4. The molecule has 2 heterocycles. The lowest BCUT2D eigenvalue weighted by Crippen LogP contribution is -2.59. The first-order chi connectivity index (χ1) is 10.1. The maximum atomic E-state index is 10.4. The first-order valence-electron chi connectivity index (χ1n) is 6.00. The summed E-state index contributed by atoms with van der Waals surface area (Å²) in [5.41, 5.74) is 0. The SMILES string of the molecule is O=S1(=O)CCCC1.O=[N+]([O-])N1CN([N+](=O)[O-])CN([N+](=O)[O-])C1. The molecule has 0 aromatic heterocycles. The Labute approximate surface area is 124 Å². The van der Waals surface area contributed by atoms with E-state index in [1.165, 1.54) is 0 Å². The van der Waals surface area contributed by atoms with Gasteiger partial charge in [-0.25, -0.2) is 38.8 Å². The van der Waals surface area contributed by atoms with Gasteiger partial charge in [-0.05, 0) is 12.8 Å².